The maximum absolute atomic E-state index is 12.5. The van der Waals surface area contributed by atoms with Gasteiger partial charge in [0.05, 0.1) is 18.8 Å². The van der Waals surface area contributed by atoms with Crippen LogP contribution in [0.2, 0.25) is 0 Å². The summed E-state index contributed by atoms with van der Waals surface area (Å²) in [4.78, 5) is 13.8. The molecule has 3 fully saturated rings. The zero-order valence-electron chi connectivity index (χ0n) is 12.4. The van der Waals surface area contributed by atoms with Gasteiger partial charge in [-0.1, -0.05) is 0 Å². The van der Waals surface area contributed by atoms with Crippen LogP contribution in [0.1, 0.15) is 12.8 Å². The van der Waals surface area contributed by atoms with Crippen molar-refractivity contribution in [3.8, 4) is 0 Å². The smallest absolute Gasteiger partial charge is 0.282 e. The van der Waals surface area contributed by atoms with Crippen LogP contribution in [-0.4, -0.2) is 85.9 Å². The maximum Gasteiger partial charge on any atom is 0.282 e. The number of rotatable bonds is 3. The molecule has 128 valence electrons. The first-order chi connectivity index (χ1) is 9.93. The lowest BCUT2D eigenvalue weighted by atomic mass is 10.2. The fourth-order valence-electron chi connectivity index (χ4n) is 2.73. The molecular formula is C12H23ClN4O4S. The number of ether oxygens (including phenoxy) is 1. The van der Waals surface area contributed by atoms with Gasteiger partial charge in [-0.25, -0.2) is 0 Å². The molecule has 3 aliphatic rings. The van der Waals surface area contributed by atoms with E-state index in [1.807, 2.05) is 0 Å². The van der Waals surface area contributed by atoms with Crippen LogP contribution in [0, 0.1) is 0 Å². The summed E-state index contributed by atoms with van der Waals surface area (Å²) in [5.74, 6) is -0.0362. The Kier molecular flexibility index (Phi) is 5.35. The van der Waals surface area contributed by atoms with Crippen molar-refractivity contribution in [3.05, 3.63) is 0 Å². The maximum atomic E-state index is 12.5. The first kappa shape index (κ1) is 17.9. The van der Waals surface area contributed by atoms with Crippen molar-refractivity contribution in [1.82, 2.24) is 13.5 Å². The normalized spacial score (nSPS) is 26.3. The highest BCUT2D eigenvalue weighted by molar-refractivity contribution is 7.86. The number of piperazine rings is 1. The van der Waals surface area contributed by atoms with Crippen LogP contribution in [-0.2, 0) is 19.7 Å². The molecule has 10 heteroatoms. The first-order valence-corrected chi connectivity index (χ1v) is 8.74. The number of halogens is 1. The van der Waals surface area contributed by atoms with E-state index in [-0.39, 0.29) is 18.3 Å². The van der Waals surface area contributed by atoms with Gasteiger partial charge >= 0.3 is 0 Å². The standard InChI is InChI=1S/C12H22N4O4S.ClH/c13-12(1-2-12)11(17)14-3-5-15(6-4-14)21(18,19)16-7-9-20-10-8-16;/h1-10,13H2;1H. The highest BCUT2D eigenvalue weighted by Crippen LogP contribution is 2.34. The molecule has 3 rings (SSSR count). The predicted molar refractivity (Wildman–Crippen MR) is 82.9 cm³/mol. The summed E-state index contributed by atoms with van der Waals surface area (Å²) in [7, 11) is -3.44. The van der Waals surface area contributed by atoms with Crippen molar-refractivity contribution in [2.24, 2.45) is 5.73 Å². The largest absolute Gasteiger partial charge is 0.379 e. The molecule has 1 amide bonds. The molecule has 2 saturated heterocycles. The fourth-order valence-corrected chi connectivity index (χ4v) is 4.29. The first-order valence-electron chi connectivity index (χ1n) is 7.35. The van der Waals surface area contributed by atoms with E-state index in [0.29, 0.717) is 52.5 Å². The number of carbonyl (C=O) groups excluding carboxylic acids is 1. The highest BCUT2D eigenvalue weighted by Gasteiger charge is 2.49. The van der Waals surface area contributed by atoms with Crippen molar-refractivity contribution in [2.75, 3.05) is 52.5 Å². The minimum atomic E-state index is -3.44. The topological polar surface area (TPSA) is 96.2 Å². The van der Waals surface area contributed by atoms with E-state index in [4.69, 9.17) is 10.5 Å². The number of morpholine rings is 1. The zero-order valence-corrected chi connectivity index (χ0v) is 14.1. The molecule has 0 aromatic heterocycles. The van der Waals surface area contributed by atoms with E-state index in [1.54, 1.807) is 4.90 Å². The Balaban J connectivity index is 0.00000176. The number of nitrogens with zero attached hydrogens (tertiary/aromatic N) is 3. The molecule has 0 aromatic rings. The van der Waals surface area contributed by atoms with Crippen LogP contribution in [0.3, 0.4) is 0 Å². The molecule has 0 radical (unpaired) electrons. The third kappa shape index (κ3) is 3.39. The quantitative estimate of drug-likeness (QED) is 0.674. The SMILES string of the molecule is Cl.NC1(C(=O)N2CCN(S(=O)(=O)N3CCOCC3)CC2)CC1. The van der Waals surface area contributed by atoms with E-state index in [2.05, 4.69) is 0 Å². The molecule has 0 unspecified atom stereocenters. The van der Waals surface area contributed by atoms with E-state index < -0.39 is 15.7 Å². The van der Waals surface area contributed by atoms with Gasteiger partial charge in [-0.05, 0) is 12.8 Å². The molecule has 2 heterocycles. The summed E-state index contributed by atoms with van der Waals surface area (Å²) in [6.45, 7) is 3.17. The Bertz CT molecular complexity index is 511. The predicted octanol–water partition coefficient (Wildman–Crippen LogP) is -1.38. The molecule has 2 aliphatic heterocycles. The second-order valence-electron chi connectivity index (χ2n) is 5.87. The van der Waals surface area contributed by atoms with Crippen molar-refractivity contribution in [2.45, 2.75) is 18.4 Å². The third-order valence-corrected chi connectivity index (χ3v) is 6.40. The monoisotopic (exact) mass is 354 g/mol. The molecule has 1 aliphatic carbocycles. The number of hydrogen-bond donors (Lipinski definition) is 1. The van der Waals surface area contributed by atoms with Gasteiger partial charge in [0.1, 0.15) is 0 Å². The van der Waals surface area contributed by atoms with Gasteiger partial charge in [0.15, 0.2) is 0 Å². The van der Waals surface area contributed by atoms with Crippen LogP contribution in [0.4, 0.5) is 0 Å². The minimum absolute atomic E-state index is 0. The number of amides is 1. The Hall–Kier alpha value is -0.450. The van der Waals surface area contributed by atoms with E-state index in [1.165, 1.54) is 8.61 Å². The number of hydrogen-bond acceptors (Lipinski definition) is 5. The van der Waals surface area contributed by atoms with Gasteiger partial charge in [-0.3, -0.25) is 4.79 Å². The zero-order chi connectivity index (χ0) is 15.1. The van der Waals surface area contributed by atoms with Crippen molar-refractivity contribution in [3.63, 3.8) is 0 Å². The Morgan fingerprint density at radius 2 is 1.45 bits per heavy atom. The Labute approximate surface area is 137 Å². The second-order valence-corrected chi connectivity index (χ2v) is 7.80. The molecule has 0 aromatic carbocycles. The summed E-state index contributed by atoms with van der Waals surface area (Å²) in [5, 5.41) is 0. The minimum Gasteiger partial charge on any atom is -0.379 e. The summed E-state index contributed by atoms with van der Waals surface area (Å²) in [6, 6.07) is 0. The Morgan fingerprint density at radius 3 is 1.95 bits per heavy atom. The molecule has 0 spiro atoms. The summed E-state index contributed by atoms with van der Waals surface area (Å²) < 4.78 is 33.1. The van der Waals surface area contributed by atoms with Crippen LogP contribution in [0.15, 0.2) is 0 Å². The molecule has 0 atom stereocenters. The number of carbonyl (C=O) groups is 1. The molecular weight excluding hydrogens is 332 g/mol. The lowest BCUT2D eigenvalue weighted by Crippen LogP contribution is -2.58. The fraction of sp³-hybridized carbons (Fsp3) is 0.917. The van der Waals surface area contributed by atoms with Gasteiger partial charge in [-0.15, -0.1) is 12.4 Å². The van der Waals surface area contributed by atoms with Crippen molar-refractivity contribution in [1.29, 1.82) is 0 Å². The average Bonchev–Trinajstić information content (AvgIpc) is 3.26. The van der Waals surface area contributed by atoms with Crippen LogP contribution >= 0.6 is 12.4 Å². The van der Waals surface area contributed by atoms with Gasteiger partial charge < -0.3 is 15.4 Å². The van der Waals surface area contributed by atoms with Crippen molar-refractivity contribution < 1.29 is 17.9 Å². The lowest BCUT2D eigenvalue weighted by molar-refractivity contribution is -0.134. The second kappa shape index (κ2) is 6.58. The van der Waals surface area contributed by atoms with Gasteiger partial charge in [0.2, 0.25) is 5.91 Å². The van der Waals surface area contributed by atoms with Crippen LogP contribution in [0.5, 0.6) is 0 Å². The summed E-state index contributed by atoms with van der Waals surface area (Å²) in [5.41, 5.74) is 5.24. The molecule has 8 nitrogen and oxygen atoms in total. The van der Waals surface area contributed by atoms with Crippen LogP contribution < -0.4 is 5.73 Å². The molecule has 2 N–H and O–H groups in total. The van der Waals surface area contributed by atoms with Crippen LogP contribution in [0.25, 0.3) is 0 Å². The van der Waals surface area contributed by atoms with E-state index in [0.717, 1.165) is 12.8 Å². The van der Waals surface area contributed by atoms with Crippen molar-refractivity contribution >= 4 is 28.5 Å². The third-order valence-electron chi connectivity index (χ3n) is 4.36. The molecule has 22 heavy (non-hydrogen) atoms. The number of nitrogens with two attached hydrogens (primary N) is 1. The van der Waals surface area contributed by atoms with E-state index >= 15 is 0 Å². The summed E-state index contributed by atoms with van der Waals surface area (Å²) in [6.07, 6.45) is 1.47. The molecule has 1 saturated carbocycles. The van der Waals surface area contributed by atoms with Gasteiger partial charge in [0.25, 0.3) is 10.2 Å². The van der Waals surface area contributed by atoms with Gasteiger partial charge in [-0.2, -0.15) is 17.0 Å². The van der Waals surface area contributed by atoms with Gasteiger partial charge in [0, 0.05) is 39.3 Å². The summed E-state index contributed by atoms with van der Waals surface area (Å²) >= 11 is 0. The average molecular weight is 355 g/mol. The van der Waals surface area contributed by atoms with E-state index in [9.17, 15) is 13.2 Å². The molecule has 0 bridgehead atoms. The lowest BCUT2D eigenvalue weighted by Gasteiger charge is -2.38. The highest BCUT2D eigenvalue weighted by atomic mass is 35.5. The Morgan fingerprint density at radius 1 is 0.955 bits per heavy atom.